The van der Waals surface area contributed by atoms with Gasteiger partial charge in [-0.3, -0.25) is 9.59 Å². The van der Waals surface area contributed by atoms with Crippen molar-refractivity contribution in [2.75, 3.05) is 19.0 Å². The number of ether oxygens (including phenoxy) is 2. The molecule has 0 radical (unpaired) electrons. The summed E-state index contributed by atoms with van der Waals surface area (Å²) in [5.74, 6) is -0.509. The number of tetrazole rings is 1. The van der Waals surface area contributed by atoms with Crippen LogP contribution in [0.15, 0.2) is 72.8 Å². The summed E-state index contributed by atoms with van der Waals surface area (Å²) < 4.78 is 10.2. The van der Waals surface area contributed by atoms with E-state index in [0.717, 1.165) is 35.1 Å². The van der Waals surface area contributed by atoms with Gasteiger partial charge >= 0.3 is 12.1 Å². The molecule has 3 amide bonds. The number of aromatic nitrogens is 4. The molecule has 1 fully saturated rings. The summed E-state index contributed by atoms with van der Waals surface area (Å²) in [7, 11) is 1.35. The third-order valence-electron chi connectivity index (χ3n) is 8.55. The molecule has 1 heterocycles. The van der Waals surface area contributed by atoms with Crippen molar-refractivity contribution in [1.29, 1.82) is 0 Å². The number of hydrogen-bond donors (Lipinski definition) is 4. The molecular weight excluding hydrogens is 638 g/mol. The molecule has 1 aliphatic carbocycles. The SMILES string of the molecule is COC(=O)c1cccc(-c2ccc(CC(NC(=O)C3CCC(CNC(=O)OC(C)(C)C)CC3)C(=O)Nc3ccc(-c4nn[nH]n4)cc3)cc2)c1. The number of esters is 1. The van der Waals surface area contributed by atoms with Crippen molar-refractivity contribution in [2.24, 2.45) is 11.8 Å². The molecule has 262 valence electrons. The van der Waals surface area contributed by atoms with Crippen molar-refractivity contribution < 1.29 is 28.7 Å². The highest BCUT2D eigenvalue weighted by Crippen LogP contribution is 2.29. The lowest BCUT2D eigenvalue weighted by molar-refractivity contribution is -0.130. The minimum Gasteiger partial charge on any atom is -0.465 e. The fourth-order valence-electron chi connectivity index (χ4n) is 5.90. The van der Waals surface area contributed by atoms with Crippen LogP contribution in [0.5, 0.6) is 0 Å². The smallest absolute Gasteiger partial charge is 0.407 e. The summed E-state index contributed by atoms with van der Waals surface area (Å²) in [6.07, 6.45) is 2.66. The molecule has 4 aromatic rings. The zero-order valence-corrected chi connectivity index (χ0v) is 28.7. The van der Waals surface area contributed by atoms with Crippen molar-refractivity contribution in [2.45, 2.75) is 64.5 Å². The van der Waals surface area contributed by atoms with Crippen LogP contribution in [-0.4, -0.2) is 69.8 Å². The summed E-state index contributed by atoms with van der Waals surface area (Å²) in [6.45, 7) is 5.95. The van der Waals surface area contributed by atoms with Gasteiger partial charge in [-0.05, 0) is 111 Å². The lowest BCUT2D eigenvalue weighted by Crippen LogP contribution is -2.48. The van der Waals surface area contributed by atoms with Gasteiger partial charge in [-0.25, -0.2) is 9.59 Å². The Labute approximate surface area is 290 Å². The van der Waals surface area contributed by atoms with Gasteiger partial charge in [-0.15, -0.1) is 10.2 Å². The standard InChI is InChI=1S/C37H43N7O6/c1-37(2,3)50-36(48)38-22-24-10-14-27(15-11-24)33(45)40-31(34(46)39-30-18-16-26(17-19-30)32-41-43-44-42-32)20-23-8-12-25(13-9-23)28-6-5-7-29(21-28)35(47)49-4/h5-9,12-13,16-19,21,24,27,31H,10-11,14-15,20,22H2,1-4H3,(H,38,48)(H,39,46)(H,40,45)(H,41,42,43,44). The maximum absolute atomic E-state index is 13.7. The van der Waals surface area contributed by atoms with Crippen LogP contribution in [0.4, 0.5) is 10.5 Å². The Morgan fingerprint density at radius 1 is 0.900 bits per heavy atom. The number of carbonyl (C=O) groups excluding carboxylic acids is 4. The Morgan fingerprint density at radius 2 is 1.60 bits per heavy atom. The predicted octanol–water partition coefficient (Wildman–Crippen LogP) is 5.32. The molecule has 5 rings (SSSR count). The number of H-pyrrole nitrogens is 1. The summed E-state index contributed by atoms with van der Waals surface area (Å²) >= 11 is 0. The molecule has 0 saturated heterocycles. The topological polar surface area (TPSA) is 177 Å². The lowest BCUT2D eigenvalue weighted by atomic mass is 9.81. The molecule has 0 aliphatic heterocycles. The average Bonchev–Trinajstić information content (AvgIpc) is 3.66. The predicted molar refractivity (Wildman–Crippen MR) is 187 cm³/mol. The van der Waals surface area contributed by atoms with Crippen LogP contribution in [-0.2, 0) is 25.5 Å². The van der Waals surface area contributed by atoms with Gasteiger partial charge in [0.05, 0.1) is 12.7 Å². The van der Waals surface area contributed by atoms with E-state index in [1.165, 1.54) is 7.11 Å². The van der Waals surface area contributed by atoms with Crippen LogP contribution in [0.1, 0.15) is 62.4 Å². The van der Waals surface area contributed by atoms with Crippen molar-refractivity contribution >= 4 is 29.6 Å². The molecule has 1 aromatic heterocycles. The van der Waals surface area contributed by atoms with Crippen molar-refractivity contribution in [3.05, 3.63) is 83.9 Å². The second-order valence-corrected chi connectivity index (χ2v) is 13.4. The zero-order valence-electron chi connectivity index (χ0n) is 28.7. The van der Waals surface area contributed by atoms with Gasteiger partial charge in [0.25, 0.3) is 0 Å². The van der Waals surface area contributed by atoms with Crippen LogP contribution in [0, 0.1) is 11.8 Å². The normalized spacial score (nSPS) is 16.5. The van der Waals surface area contributed by atoms with E-state index in [9.17, 15) is 19.2 Å². The van der Waals surface area contributed by atoms with Gasteiger partial charge in [-0.1, -0.05) is 36.4 Å². The molecular formula is C37H43N7O6. The van der Waals surface area contributed by atoms with E-state index >= 15 is 0 Å². The van der Waals surface area contributed by atoms with E-state index in [-0.39, 0.29) is 30.1 Å². The molecule has 4 N–H and O–H groups in total. The lowest BCUT2D eigenvalue weighted by Gasteiger charge is -2.29. The first-order chi connectivity index (χ1) is 24.0. The molecule has 13 heteroatoms. The highest BCUT2D eigenvalue weighted by atomic mass is 16.6. The fourth-order valence-corrected chi connectivity index (χ4v) is 5.90. The fraction of sp³-hybridized carbons (Fsp3) is 0.378. The Hall–Kier alpha value is -5.59. The van der Waals surface area contributed by atoms with Crippen LogP contribution >= 0.6 is 0 Å². The number of methoxy groups -OCH3 is 1. The highest BCUT2D eigenvalue weighted by molar-refractivity contribution is 5.98. The number of amides is 3. The van der Waals surface area contributed by atoms with Crippen molar-refractivity contribution in [3.8, 4) is 22.5 Å². The second-order valence-electron chi connectivity index (χ2n) is 13.4. The Morgan fingerprint density at radius 3 is 2.24 bits per heavy atom. The number of anilines is 1. The van der Waals surface area contributed by atoms with Gasteiger partial charge in [0.1, 0.15) is 11.6 Å². The average molecular weight is 682 g/mol. The Bertz CT molecular complexity index is 1760. The third-order valence-corrected chi connectivity index (χ3v) is 8.55. The van der Waals surface area contributed by atoms with Gasteiger partial charge in [0.15, 0.2) is 0 Å². The number of hydrogen-bond acceptors (Lipinski definition) is 9. The van der Waals surface area contributed by atoms with Crippen LogP contribution < -0.4 is 16.0 Å². The quantitative estimate of drug-likeness (QED) is 0.153. The van der Waals surface area contributed by atoms with E-state index in [0.29, 0.717) is 36.5 Å². The summed E-state index contributed by atoms with van der Waals surface area (Å²) in [5, 5.41) is 22.8. The summed E-state index contributed by atoms with van der Waals surface area (Å²) in [6, 6.07) is 21.0. The van der Waals surface area contributed by atoms with E-state index < -0.39 is 23.7 Å². The van der Waals surface area contributed by atoms with E-state index in [1.807, 2.05) is 51.1 Å². The van der Waals surface area contributed by atoms with Crippen LogP contribution in [0.3, 0.4) is 0 Å². The van der Waals surface area contributed by atoms with E-state index in [2.05, 4.69) is 36.6 Å². The number of nitrogens with one attached hydrogen (secondary N) is 4. The molecule has 0 bridgehead atoms. The zero-order chi connectivity index (χ0) is 35.7. The van der Waals surface area contributed by atoms with Crippen molar-refractivity contribution in [3.63, 3.8) is 0 Å². The molecule has 0 spiro atoms. The minimum atomic E-state index is -0.848. The van der Waals surface area contributed by atoms with Gasteiger partial charge in [0.2, 0.25) is 17.6 Å². The summed E-state index contributed by atoms with van der Waals surface area (Å²) in [5.41, 5.74) is 3.76. The number of benzene rings is 3. The van der Waals surface area contributed by atoms with Gasteiger partial charge in [-0.2, -0.15) is 5.21 Å². The number of carbonyl (C=O) groups is 4. The number of rotatable bonds is 11. The van der Waals surface area contributed by atoms with Gasteiger partial charge in [0, 0.05) is 30.1 Å². The molecule has 1 aliphatic rings. The maximum atomic E-state index is 13.7. The first-order valence-electron chi connectivity index (χ1n) is 16.7. The molecule has 50 heavy (non-hydrogen) atoms. The molecule has 1 atom stereocenters. The van der Waals surface area contributed by atoms with Crippen LogP contribution in [0.25, 0.3) is 22.5 Å². The Kier molecular flexibility index (Phi) is 11.6. The first-order valence-corrected chi connectivity index (χ1v) is 16.7. The largest absolute Gasteiger partial charge is 0.465 e. The number of alkyl carbamates (subject to hydrolysis) is 1. The van der Waals surface area contributed by atoms with Gasteiger partial charge < -0.3 is 25.4 Å². The third kappa shape index (κ3) is 9.97. The highest BCUT2D eigenvalue weighted by Gasteiger charge is 2.30. The second kappa shape index (κ2) is 16.2. The van der Waals surface area contributed by atoms with Crippen molar-refractivity contribution in [1.82, 2.24) is 31.3 Å². The molecule has 1 unspecified atom stereocenters. The first kappa shape index (κ1) is 35.7. The summed E-state index contributed by atoms with van der Waals surface area (Å²) in [4.78, 5) is 51.4. The maximum Gasteiger partial charge on any atom is 0.407 e. The molecule has 13 nitrogen and oxygen atoms in total. The molecule has 3 aromatic carbocycles. The molecule has 1 saturated carbocycles. The van der Waals surface area contributed by atoms with Crippen LogP contribution in [0.2, 0.25) is 0 Å². The number of aromatic amines is 1. The van der Waals surface area contributed by atoms with E-state index in [1.54, 1.807) is 42.5 Å². The monoisotopic (exact) mass is 681 g/mol. The Balaban J connectivity index is 1.25. The minimum absolute atomic E-state index is 0.174. The number of nitrogens with zero attached hydrogens (tertiary/aromatic N) is 3. The van der Waals surface area contributed by atoms with E-state index in [4.69, 9.17) is 9.47 Å².